The van der Waals surface area contributed by atoms with E-state index in [-0.39, 0.29) is 12.0 Å². The Hall–Kier alpha value is -3.23. The molecular weight excluding hydrogens is 362 g/mol. The van der Waals surface area contributed by atoms with Crippen LogP contribution in [0, 0.1) is 5.41 Å². The number of pyridine rings is 1. The Bertz CT molecular complexity index is 1070. The molecule has 2 fully saturated rings. The molecular formula is C19H19N5O4. The minimum absolute atomic E-state index is 0.0713. The summed E-state index contributed by atoms with van der Waals surface area (Å²) in [5.41, 5.74) is -0.950. The summed E-state index contributed by atoms with van der Waals surface area (Å²) in [6.45, 7) is 0.601. The van der Waals surface area contributed by atoms with Crippen LogP contribution in [0.3, 0.4) is 0 Å². The zero-order valence-corrected chi connectivity index (χ0v) is 15.1. The molecule has 0 saturated carbocycles. The topological polar surface area (TPSA) is 113 Å². The van der Waals surface area contributed by atoms with Gasteiger partial charge < -0.3 is 4.90 Å². The Balaban J connectivity index is 1.78. The molecule has 2 aromatic rings. The number of hydrogen-bond donors (Lipinski definition) is 2. The van der Waals surface area contributed by atoms with Gasteiger partial charge in [-0.1, -0.05) is 18.9 Å². The van der Waals surface area contributed by atoms with Gasteiger partial charge in [0.15, 0.2) is 5.41 Å². The lowest BCUT2D eigenvalue weighted by atomic mass is 9.68. The lowest BCUT2D eigenvalue weighted by Gasteiger charge is -2.48. The predicted octanol–water partition coefficient (Wildman–Crippen LogP) is 0.352. The molecule has 2 N–H and O–H groups in total. The molecule has 4 amide bonds. The third kappa shape index (κ3) is 2.15. The molecule has 3 aliphatic heterocycles. The van der Waals surface area contributed by atoms with Gasteiger partial charge in [-0.2, -0.15) is 0 Å². The van der Waals surface area contributed by atoms with Gasteiger partial charge in [0.05, 0.1) is 11.6 Å². The number of carbonyl (C=O) groups excluding carboxylic acids is 3. The number of aromatic nitrogens is 2. The molecule has 144 valence electrons. The lowest BCUT2D eigenvalue weighted by molar-refractivity contribution is -0.146. The maximum Gasteiger partial charge on any atom is 0.328 e. The number of anilines is 1. The molecule has 0 bridgehead atoms. The fourth-order valence-electron chi connectivity index (χ4n) is 4.80. The van der Waals surface area contributed by atoms with Crippen molar-refractivity contribution >= 4 is 29.3 Å². The SMILES string of the molecule is O=C1NC(=O)C2(Cc3c(nc4ccccn4c3=O)N3CCCCC[C@H]32)C(=O)N1. The van der Waals surface area contributed by atoms with Crippen molar-refractivity contribution in [3.05, 3.63) is 40.3 Å². The van der Waals surface area contributed by atoms with Gasteiger partial charge in [0.2, 0.25) is 11.8 Å². The van der Waals surface area contributed by atoms with E-state index in [0.29, 0.717) is 30.0 Å². The van der Waals surface area contributed by atoms with Crippen LogP contribution < -0.4 is 21.1 Å². The first-order valence-corrected chi connectivity index (χ1v) is 9.46. The molecule has 9 heteroatoms. The smallest absolute Gasteiger partial charge is 0.328 e. The summed E-state index contributed by atoms with van der Waals surface area (Å²) >= 11 is 0. The molecule has 2 aromatic heterocycles. The minimum atomic E-state index is -1.52. The van der Waals surface area contributed by atoms with Crippen LogP contribution in [0.5, 0.6) is 0 Å². The first-order chi connectivity index (χ1) is 13.5. The summed E-state index contributed by atoms with van der Waals surface area (Å²) < 4.78 is 1.43. The van der Waals surface area contributed by atoms with E-state index in [0.717, 1.165) is 19.3 Å². The molecule has 1 spiro atoms. The maximum atomic E-state index is 13.2. The Kier molecular flexibility index (Phi) is 3.55. The first kappa shape index (κ1) is 16.9. The van der Waals surface area contributed by atoms with Crippen LogP contribution in [0.25, 0.3) is 5.65 Å². The van der Waals surface area contributed by atoms with E-state index in [1.807, 2.05) is 11.0 Å². The Morgan fingerprint density at radius 2 is 1.82 bits per heavy atom. The van der Waals surface area contributed by atoms with Crippen molar-refractivity contribution in [3.8, 4) is 0 Å². The number of fused-ring (bicyclic) bond motifs is 5. The van der Waals surface area contributed by atoms with Crippen molar-refractivity contribution in [3.63, 3.8) is 0 Å². The van der Waals surface area contributed by atoms with Gasteiger partial charge in [-0.3, -0.25) is 29.4 Å². The van der Waals surface area contributed by atoms with E-state index in [2.05, 4.69) is 10.6 Å². The van der Waals surface area contributed by atoms with Crippen molar-refractivity contribution in [1.82, 2.24) is 20.0 Å². The fraction of sp³-hybridized carbons (Fsp3) is 0.421. The van der Waals surface area contributed by atoms with Crippen LogP contribution >= 0.6 is 0 Å². The average Bonchev–Trinajstić information content (AvgIpc) is 2.93. The van der Waals surface area contributed by atoms with Gasteiger partial charge in [-0.15, -0.1) is 0 Å². The van der Waals surface area contributed by atoms with Gasteiger partial charge in [0, 0.05) is 19.2 Å². The summed E-state index contributed by atoms with van der Waals surface area (Å²) in [4.78, 5) is 57.5. The van der Waals surface area contributed by atoms with Crippen molar-refractivity contribution in [2.24, 2.45) is 5.41 Å². The molecule has 0 unspecified atom stereocenters. The molecule has 5 heterocycles. The quantitative estimate of drug-likeness (QED) is 0.637. The van der Waals surface area contributed by atoms with E-state index in [1.165, 1.54) is 4.40 Å². The minimum Gasteiger partial charge on any atom is -0.352 e. The average molecular weight is 381 g/mol. The Labute approximate surface area is 159 Å². The molecule has 5 rings (SSSR count). The predicted molar refractivity (Wildman–Crippen MR) is 98.9 cm³/mol. The second-order valence-corrected chi connectivity index (χ2v) is 7.59. The normalized spacial score (nSPS) is 23.6. The van der Waals surface area contributed by atoms with E-state index < -0.39 is 29.3 Å². The number of nitrogens with one attached hydrogen (secondary N) is 2. The highest BCUT2D eigenvalue weighted by Gasteiger charge is 2.60. The number of barbiturate groups is 1. The fourth-order valence-corrected chi connectivity index (χ4v) is 4.80. The largest absolute Gasteiger partial charge is 0.352 e. The zero-order chi connectivity index (χ0) is 19.5. The second-order valence-electron chi connectivity index (χ2n) is 7.59. The van der Waals surface area contributed by atoms with E-state index in [4.69, 9.17) is 4.98 Å². The summed E-state index contributed by atoms with van der Waals surface area (Å²) in [6.07, 6.45) is 4.87. The third-order valence-corrected chi connectivity index (χ3v) is 6.12. The van der Waals surface area contributed by atoms with E-state index in [9.17, 15) is 19.2 Å². The van der Waals surface area contributed by atoms with E-state index >= 15 is 0 Å². The molecule has 0 aromatic carbocycles. The summed E-state index contributed by atoms with van der Waals surface area (Å²) in [6, 6.07) is 4.03. The van der Waals surface area contributed by atoms with Crippen LogP contribution in [-0.4, -0.2) is 39.8 Å². The Morgan fingerprint density at radius 3 is 2.61 bits per heavy atom. The van der Waals surface area contributed by atoms with Crippen LogP contribution in [0.2, 0.25) is 0 Å². The summed E-state index contributed by atoms with van der Waals surface area (Å²) in [5.74, 6) is -0.728. The number of carbonyl (C=O) groups is 3. The van der Waals surface area contributed by atoms with E-state index in [1.54, 1.807) is 18.3 Å². The van der Waals surface area contributed by atoms with Crippen LogP contribution in [0.1, 0.15) is 31.2 Å². The summed E-state index contributed by atoms with van der Waals surface area (Å²) in [7, 11) is 0. The standard InChI is InChI=1S/C19H19N5O4/c25-15-11-10-19(16(26)21-18(28)22-17(19)27)12-6-2-1-4-8-23(12)14(11)20-13-7-3-5-9-24(13)15/h3,5,7,9,12H,1-2,4,6,8,10H2,(H2,21,22,26,27,28)/t12-/m0/s1. The van der Waals surface area contributed by atoms with Gasteiger partial charge in [-0.25, -0.2) is 9.78 Å². The zero-order valence-electron chi connectivity index (χ0n) is 15.1. The highest BCUT2D eigenvalue weighted by atomic mass is 16.2. The number of rotatable bonds is 0. The van der Waals surface area contributed by atoms with Crippen molar-refractivity contribution in [2.45, 2.75) is 38.1 Å². The van der Waals surface area contributed by atoms with Crippen molar-refractivity contribution in [2.75, 3.05) is 11.4 Å². The van der Waals surface area contributed by atoms with Gasteiger partial charge in [-0.05, 0) is 25.0 Å². The molecule has 28 heavy (non-hydrogen) atoms. The Morgan fingerprint density at radius 1 is 1.04 bits per heavy atom. The molecule has 1 atom stereocenters. The molecule has 0 aliphatic carbocycles. The van der Waals surface area contributed by atoms with Crippen molar-refractivity contribution < 1.29 is 14.4 Å². The van der Waals surface area contributed by atoms with Crippen LogP contribution in [-0.2, 0) is 16.0 Å². The monoisotopic (exact) mass is 381 g/mol. The number of nitrogens with zero attached hydrogens (tertiary/aromatic N) is 3. The molecule has 3 aliphatic rings. The van der Waals surface area contributed by atoms with Gasteiger partial charge in [0.25, 0.3) is 5.56 Å². The number of amides is 4. The first-order valence-electron chi connectivity index (χ1n) is 9.46. The summed E-state index contributed by atoms with van der Waals surface area (Å²) in [5, 5.41) is 4.49. The number of imide groups is 2. The highest BCUT2D eigenvalue weighted by Crippen LogP contribution is 2.44. The maximum absolute atomic E-state index is 13.2. The second kappa shape index (κ2) is 5.88. The molecule has 0 radical (unpaired) electrons. The molecule has 9 nitrogen and oxygen atoms in total. The molecule has 2 saturated heterocycles. The van der Waals surface area contributed by atoms with Crippen molar-refractivity contribution in [1.29, 1.82) is 0 Å². The number of hydrogen-bond acceptors (Lipinski definition) is 6. The number of urea groups is 1. The van der Waals surface area contributed by atoms with Crippen LogP contribution in [0.15, 0.2) is 29.2 Å². The van der Waals surface area contributed by atoms with Crippen LogP contribution in [0.4, 0.5) is 10.6 Å². The van der Waals surface area contributed by atoms with Gasteiger partial charge >= 0.3 is 6.03 Å². The lowest BCUT2D eigenvalue weighted by Crippen LogP contribution is -2.71. The van der Waals surface area contributed by atoms with Gasteiger partial charge in [0.1, 0.15) is 11.5 Å². The third-order valence-electron chi connectivity index (χ3n) is 6.12. The highest BCUT2D eigenvalue weighted by molar-refractivity contribution is 6.20.